The van der Waals surface area contributed by atoms with Gasteiger partial charge in [-0.3, -0.25) is 4.79 Å². The molecule has 2 aliphatic rings. The zero-order valence-corrected chi connectivity index (χ0v) is 10.2. The average molecular weight is 228 g/mol. The minimum Gasteiger partial charge on any atom is -0.338 e. The molecule has 2 heterocycles. The summed E-state index contributed by atoms with van der Waals surface area (Å²) in [6.07, 6.45) is 3.36. The first-order chi connectivity index (χ1) is 7.33. The van der Waals surface area contributed by atoms with Gasteiger partial charge in [0.2, 0.25) is 5.91 Å². The van der Waals surface area contributed by atoms with E-state index in [4.69, 9.17) is 0 Å². The van der Waals surface area contributed by atoms with Gasteiger partial charge in [0.05, 0.1) is 6.04 Å². The van der Waals surface area contributed by atoms with Gasteiger partial charge in [0.1, 0.15) is 0 Å². The minimum absolute atomic E-state index is 0.0920. The van der Waals surface area contributed by atoms with Crippen LogP contribution in [0.5, 0.6) is 0 Å². The number of hydrogen-bond acceptors (Lipinski definition) is 3. The number of nitrogens with one attached hydrogen (secondary N) is 1. The van der Waals surface area contributed by atoms with Crippen molar-refractivity contribution in [2.45, 2.75) is 38.3 Å². The maximum Gasteiger partial charge on any atom is 0.239 e. The standard InChI is InChI=1S/C11H20N2OS/c1-2-12-10-4-3-6-13(11(10)14)9-5-7-15-8-9/h9-10,12H,2-8H2,1H3. The van der Waals surface area contributed by atoms with Gasteiger partial charge < -0.3 is 10.2 Å². The summed E-state index contributed by atoms with van der Waals surface area (Å²) in [5.74, 6) is 2.71. The zero-order valence-electron chi connectivity index (χ0n) is 9.37. The van der Waals surface area contributed by atoms with Crippen molar-refractivity contribution in [3.8, 4) is 0 Å². The fraction of sp³-hybridized carbons (Fsp3) is 0.909. The Labute approximate surface area is 96.0 Å². The van der Waals surface area contributed by atoms with Crippen LogP contribution in [0, 0.1) is 0 Å². The third-order valence-electron chi connectivity index (χ3n) is 3.27. The molecule has 2 aliphatic heterocycles. The summed E-state index contributed by atoms with van der Waals surface area (Å²) in [5.41, 5.74) is 0. The first-order valence-corrected chi connectivity index (χ1v) is 7.10. The van der Waals surface area contributed by atoms with Crippen LogP contribution in [0.1, 0.15) is 26.2 Å². The molecule has 0 saturated carbocycles. The molecule has 0 aromatic heterocycles. The fourth-order valence-electron chi connectivity index (χ4n) is 2.47. The van der Waals surface area contributed by atoms with E-state index in [1.807, 2.05) is 11.8 Å². The number of amides is 1. The average Bonchev–Trinajstić information content (AvgIpc) is 2.74. The number of carbonyl (C=O) groups excluding carboxylic acids is 1. The molecule has 2 unspecified atom stereocenters. The molecule has 2 atom stereocenters. The number of carbonyl (C=O) groups is 1. The summed E-state index contributed by atoms with van der Waals surface area (Å²) in [7, 11) is 0. The summed E-state index contributed by atoms with van der Waals surface area (Å²) >= 11 is 1.98. The third kappa shape index (κ3) is 2.48. The van der Waals surface area contributed by atoms with Crippen LogP contribution in [0.2, 0.25) is 0 Å². The highest BCUT2D eigenvalue weighted by atomic mass is 32.2. The Bertz CT molecular complexity index is 227. The molecular formula is C11H20N2OS. The van der Waals surface area contributed by atoms with Gasteiger partial charge in [0, 0.05) is 18.3 Å². The van der Waals surface area contributed by atoms with E-state index in [1.165, 1.54) is 12.2 Å². The van der Waals surface area contributed by atoms with Crippen molar-refractivity contribution >= 4 is 17.7 Å². The van der Waals surface area contributed by atoms with Crippen LogP contribution in [-0.2, 0) is 4.79 Å². The molecule has 0 spiro atoms. The molecule has 86 valence electrons. The first kappa shape index (κ1) is 11.3. The quantitative estimate of drug-likeness (QED) is 0.785. The number of rotatable bonds is 3. The number of nitrogens with zero attached hydrogens (tertiary/aromatic N) is 1. The molecule has 0 aliphatic carbocycles. The number of thioether (sulfide) groups is 1. The molecule has 0 aromatic carbocycles. The maximum absolute atomic E-state index is 12.2. The van der Waals surface area contributed by atoms with Crippen LogP contribution >= 0.6 is 11.8 Å². The summed E-state index contributed by atoms with van der Waals surface area (Å²) < 4.78 is 0. The van der Waals surface area contributed by atoms with Crippen LogP contribution < -0.4 is 5.32 Å². The second-order valence-corrected chi connectivity index (χ2v) is 5.45. The normalized spacial score (nSPS) is 32.3. The van der Waals surface area contributed by atoms with Crippen LogP contribution in [0.3, 0.4) is 0 Å². The van der Waals surface area contributed by atoms with Gasteiger partial charge >= 0.3 is 0 Å². The molecule has 2 rings (SSSR count). The van der Waals surface area contributed by atoms with Crippen molar-refractivity contribution in [3.63, 3.8) is 0 Å². The molecule has 4 heteroatoms. The van der Waals surface area contributed by atoms with E-state index in [0.29, 0.717) is 11.9 Å². The summed E-state index contributed by atoms with van der Waals surface area (Å²) in [5, 5.41) is 3.29. The minimum atomic E-state index is 0.0920. The van der Waals surface area contributed by atoms with E-state index < -0.39 is 0 Å². The molecule has 0 radical (unpaired) electrons. The predicted molar refractivity (Wildman–Crippen MR) is 64.1 cm³/mol. The van der Waals surface area contributed by atoms with Crippen molar-refractivity contribution < 1.29 is 4.79 Å². The monoisotopic (exact) mass is 228 g/mol. The highest BCUT2D eigenvalue weighted by Gasteiger charge is 2.33. The van der Waals surface area contributed by atoms with E-state index in [9.17, 15) is 4.79 Å². The van der Waals surface area contributed by atoms with Crippen LogP contribution in [0.25, 0.3) is 0 Å². The second kappa shape index (κ2) is 5.21. The van der Waals surface area contributed by atoms with Gasteiger partial charge in [-0.05, 0) is 31.6 Å². The Morgan fingerprint density at radius 2 is 2.40 bits per heavy atom. The van der Waals surface area contributed by atoms with E-state index >= 15 is 0 Å². The van der Waals surface area contributed by atoms with Gasteiger partial charge in [-0.1, -0.05) is 6.92 Å². The number of likely N-dealkylation sites (N-methyl/N-ethyl adjacent to an activating group) is 1. The summed E-state index contributed by atoms with van der Waals surface area (Å²) in [6, 6.07) is 0.610. The number of piperidine rings is 1. The van der Waals surface area contributed by atoms with Gasteiger partial charge in [-0.15, -0.1) is 0 Å². The van der Waals surface area contributed by atoms with Crippen LogP contribution in [-0.4, -0.2) is 47.5 Å². The molecule has 2 saturated heterocycles. The molecule has 15 heavy (non-hydrogen) atoms. The smallest absolute Gasteiger partial charge is 0.239 e. The lowest BCUT2D eigenvalue weighted by Gasteiger charge is -2.36. The second-order valence-electron chi connectivity index (χ2n) is 4.30. The topological polar surface area (TPSA) is 32.3 Å². The lowest BCUT2D eigenvalue weighted by atomic mass is 10.0. The summed E-state index contributed by atoms with van der Waals surface area (Å²) in [6.45, 7) is 3.94. The molecule has 0 bridgehead atoms. The largest absolute Gasteiger partial charge is 0.338 e. The Morgan fingerprint density at radius 1 is 1.53 bits per heavy atom. The Hall–Kier alpha value is -0.220. The predicted octanol–water partition coefficient (Wildman–Crippen LogP) is 1.09. The van der Waals surface area contributed by atoms with Crippen molar-refractivity contribution in [2.75, 3.05) is 24.6 Å². The SMILES string of the molecule is CCNC1CCCN(C2CCSC2)C1=O. The van der Waals surface area contributed by atoms with Crippen LogP contribution in [0.15, 0.2) is 0 Å². The Balaban J connectivity index is 1.95. The van der Waals surface area contributed by atoms with E-state index in [0.717, 1.165) is 31.7 Å². The van der Waals surface area contributed by atoms with E-state index in [1.54, 1.807) is 0 Å². The third-order valence-corrected chi connectivity index (χ3v) is 4.41. The van der Waals surface area contributed by atoms with Gasteiger partial charge in [-0.2, -0.15) is 11.8 Å². The van der Waals surface area contributed by atoms with E-state index in [-0.39, 0.29) is 6.04 Å². The first-order valence-electron chi connectivity index (χ1n) is 5.94. The van der Waals surface area contributed by atoms with E-state index in [2.05, 4.69) is 17.1 Å². The van der Waals surface area contributed by atoms with Gasteiger partial charge in [0.25, 0.3) is 0 Å². The molecule has 1 amide bonds. The molecular weight excluding hydrogens is 208 g/mol. The zero-order chi connectivity index (χ0) is 10.7. The van der Waals surface area contributed by atoms with Crippen molar-refractivity contribution in [3.05, 3.63) is 0 Å². The summed E-state index contributed by atoms with van der Waals surface area (Å²) in [4.78, 5) is 14.3. The number of likely N-dealkylation sites (tertiary alicyclic amines) is 1. The maximum atomic E-state index is 12.2. The van der Waals surface area contributed by atoms with Crippen molar-refractivity contribution in [1.82, 2.24) is 10.2 Å². The van der Waals surface area contributed by atoms with Crippen molar-refractivity contribution in [1.29, 1.82) is 0 Å². The fourth-order valence-corrected chi connectivity index (χ4v) is 3.69. The highest BCUT2D eigenvalue weighted by molar-refractivity contribution is 7.99. The van der Waals surface area contributed by atoms with Crippen molar-refractivity contribution in [2.24, 2.45) is 0 Å². The lowest BCUT2D eigenvalue weighted by molar-refractivity contribution is -0.137. The Kier molecular flexibility index (Phi) is 3.92. The molecule has 3 nitrogen and oxygen atoms in total. The highest BCUT2D eigenvalue weighted by Crippen LogP contribution is 2.25. The molecule has 0 aromatic rings. The Morgan fingerprint density at radius 3 is 3.07 bits per heavy atom. The lowest BCUT2D eigenvalue weighted by Crippen LogP contribution is -2.54. The van der Waals surface area contributed by atoms with Crippen LogP contribution in [0.4, 0.5) is 0 Å². The molecule has 1 N–H and O–H groups in total. The van der Waals surface area contributed by atoms with Gasteiger partial charge in [0.15, 0.2) is 0 Å². The molecule has 2 fully saturated rings. The number of hydrogen-bond donors (Lipinski definition) is 1. The van der Waals surface area contributed by atoms with Gasteiger partial charge in [-0.25, -0.2) is 0 Å².